The molecule has 0 saturated heterocycles. The summed E-state index contributed by atoms with van der Waals surface area (Å²) in [5.74, 6) is 1.01. The number of para-hydroxylation sites is 1. The molecule has 0 saturated carbocycles. The molecule has 0 spiro atoms. The summed E-state index contributed by atoms with van der Waals surface area (Å²) >= 11 is 0. The number of ether oxygens (including phenoxy) is 2. The van der Waals surface area contributed by atoms with E-state index in [1.807, 2.05) is 24.3 Å². The summed E-state index contributed by atoms with van der Waals surface area (Å²) in [4.78, 5) is 6.63. The smallest absolute Gasteiger partial charge is 0.141 e. The Balaban J connectivity index is 2.29. The van der Waals surface area contributed by atoms with Crippen molar-refractivity contribution in [2.45, 2.75) is 0 Å². The molecule has 20 heavy (non-hydrogen) atoms. The third-order valence-electron chi connectivity index (χ3n) is 3.14. The molecule has 0 aliphatic carbocycles. The normalized spacial score (nSPS) is 10.9. The van der Waals surface area contributed by atoms with E-state index in [1.54, 1.807) is 20.3 Å². The van der Waals surface area contributed by atoms with Crippen molar-refractivity contribution in [1.82, 2.24) is 4.98 Å². The van der Waals surface area contributed by atoms with Crippen molar-refractivity contribution in [3.05, 3.63) is 30.3 Å². The second-order valence-corrected chi connectivity index (χ2v) is 4.49. The van der Waals surface area contributed by atoms with Crippen LogP contribution in [0.5, 0.6) is 5.75 Å². The molecule has 0 aliphatic rings. The van der Waals surface area contributed by atoms with Gasteiger partial charge in [0, 0.05) is 32.7 Å². The van der Waals surface area contributed by atoms with E-state index in [0.717, 1.165) is 24.3 Å². The summed E-state index contributed by atoms with van der Waals surface area (Å²) in [6.45, 7) is 2.69. The van der Waals surface area contributed by atoms with Gasteiger partial charge in [-0.25, -0.2) is 4.98 Å². The molecular formula is C15H20N2O3. The molecule has 5 heteroatoms. The lowest BCUT2D eigenvalue weighted by molar-refractivity contribution is 0.190. The summed E-state index contributed by atoms with van der Waals surface area (Å²) in [6, 6.07) is 9.30. The maximum absolute atomic E-state index is 9.90. The summed E-state index contributed by atoms with van der Waals surface area (Å²) in [5, 5.41) is 10.8. The van der Waals surface area contributed by atoms with Crippen LogP contribution >= 0.6 is 0 Å². The third-order valence-corrected chi connectivity index (χ3v) is 3.14. The maximum Gasteiger partial charge on any atom is 0.141 e. The van der Waals surface area contributed by atoms with Gasteiger partial charge in [-0.05, 0) is 18.2 Å². The monoisotopic (exact) mass is 276 g/mol. The highest BCUT2D eigenvalue weighted by atomic mass is 16.5. The first-order chi connectivity index (χ1) is 9.76. The van der Waals surface area contributed by atoms with Crippen molar-refractivity contribution in [3.8, 4) is 5.75 Å². The first-order valence-electron chi connectivity index (χ1n) is 6.58. The number of methoxy groups -OCH3 is 2. The molecule has 1 N–H and O–H groups in total. The molecule has 5 nitrogen and oxygen atoms in total. The minimum absolute atomic E-state index is 0.197. The van der Waals surface area contributed by atoms with E-state index in [1.165, 1.54) is 0 Å². The number of pyridine rings is 1. The SMILES string of the molecule is COCCN(CCOC)c1ccc2cccc(O)c2n1. The highest BCUT2D eigenvalue weighted by Crippen LogP contribution is 2.25. The zero-order valence-corrected chi connectivity index (χ0v) is 11.9. The Labute approximate surface area is 118 Å². The first kappa shape index (κ1) is 14.6. The van der Waals surface area contributed by atoms with Gasteiger partial charge in [-0.15, -0.1) is 0 Å². The molecule has 1 aromatic carbocycles. The predicted molar refractivity (Wildman–Crippen MR) is 79.4 cm³/mol. The summed E-state index contributed by atoms with van der Waals surface area (Å²) < 4.78 is 10.3. The molecule has 2 aromatic rings. The molecule has 1 aromatic heterocycles. The van der Waals surface area contributed by atoms with Gasteiger partial charge in [0.25, 0.3) is 0 Å². The van der Waals surface area contributed by atoms with Crippen LogP contribution in [0.2, 0.25) is 0 Å². The van der Waals surface area contributed by atoms with Gasteiger partial charge in [-0.1, -0.05) is 12.1 Å². The number of phenolic OH excluding ortho intramolecular Hbond substituents is 1. The topological polar surface area (TPSA) is 54.8 Å². The molecule has 1 heterocycles. The molecule has 0 bridgehead atoms. The van der Waals surface area contributed by atoms with Crippen molar-refractivity contribution in [3.63, 3.8) is 0 Å². The van der Waals surface area contributed by atoms with Crippen LogP contribution in [0, 0.1) is 0 Å². The summed E-state index contributed by atoms with van der Waals surface area (Å²) in [5.41, 5.74) is 0.616. The van der Waals surface area contributed by atoms with Gasteiger partial charge in [0.1, 0.15) is 17.1 Å². The van der Waals surface area contributed by atoms with Gasteiger partial charge < -0.3 is 19.5 Å². The van der Waals surface area contributed by atoms with Crippen LogP contribution in [0.4, 0.5) is 5.82 Å². The van der Waals surface area contributed by atoms with Gasteiger partial charge >= 0.3 is 0 Å². The van der Waals surface area contributed by atoms with E-state index in [-0.39, 0.29) is 5.75 Å². The third kappa shape index (κ3) is 3.37. The molecule has 0 fully saturated rings. The highest BCUT2D eigenvalue weighted by molar-refractivity contribution is 5.85. The number of hydrogen-bond acceptors (Lipinski definition) is 5. The molecule has 0 aliphatic heterocycles. The Kier molecular flexibility index (Phi) is 5.15. The lowest BCUT2D eigenvalue weighted by Crippen LogP contribution is -2.31. The van der Waals surface area contributed by atoms with Gasteiger partial charge in [0.15, 0.2) is 0 Å². The van der Waals surface area contributed by atoms with Crippen LogP contribution in [-0.4, -0.2) is 50.6 Å². The average Bonchev–Trinajstić information content (AvgIpc) is 2.48. The van der Waals surface area contributed by atoms with E-state index < -0.39 is 0 Å². The van der Waals surface area contributed by atoms with Crippen molar-refractivity contribution in [2.24, 2.45) is 0 Å². The fourth-order valence-corrected chi connectivity index (χ4v) is 2.04. The number of hydrogen-bond donors (Lipinski definition) is 1. The fraction of sp³-hybridized carbons (Fsp3) is 0.400. The van der Waals surface area contributed by atoms with Crippen molar-refractivity contribution in [2.75, 3.05) is 45.4 Å². The van der Waals surface area contributed by atoms with Crippen LogP contribution in [0.3, 0.4) is 0 Å². The minimum Gasteiger partial charge on any atom is -0.506 e. The number of phenols is 1. The van der Waals surface area contributed by atoms with E-state index >= 15 is 0 Å². The number of aromatic hydroxyl groups is 1. The maximum atomic E-state index is 9.90. The molecule has 0 radical (unpaired) electrons. The number of nitrogens with zero attached hydrogens (tertiary/aromatic N) is 2. The Morgan fingerprint density at radius 3 is 2.40 bits per heavy atom. The number of fused-ring (bicyclic) bond motifs is 1. The zero-order valence-electron chi connectivity index (χ0n) is 11.9. The molecule has 0 amide bonds. The minimum atomic E-state index is 0.197. The average molecular weight is 276 g/mol. The molecule has 2 rings (SSSR count). The quantitative estimate of drug-likeness (QED) is 0.838. The summed E-state index contributed by atoms with van der Waals surface area (Å²) in [6.07, 6.45) is 0. The van der Waals surface area contributed by atoms with E-state index in [9.17, 15) is 5.11 Å². The second kappa shape index (κ2) is 7.07. The lowest BCUT2D eigenvalue weighted by atomic mass is 10.2. The number of benzene rings is 1. The van der Waals surface area contributed by atoms with Crippen LogP contribution in [0.15, 0.2) is 30.3 Å². The highest BCUT2D eigenvalue weighted by Gasteiger charge is 2.10. The van der Waals surface area contributed by atoms with Gasteiger partial charge in [-0.2, -0.15) is 0 Å². The largest absolute Gasteiger partial charge is 0.506 e. The Bertz CT molecular complexity index is 552. The van der Waals surface area contributed by atoms with Crippen molar-refractivity contribution in [1.29, 1.82) is 0 Å². The Morgan fingerprint density at radius 1 is 1.05 bits per heavy atom. The fourth-order valence-electron chi connectivity index (χ4n) is 2.04. The van der Waals surface area contributed by atoms with Crippen molar-refractivity contribution < 1.29 is 14.6 Å². The zero-order chi connectivity index (χ0) is 14.4. The van der Waals surface area contributed by atoms with Gasteiger partial charge in [0.05, 0.1) is 13.2 Å². The van der Waals surface area contributed by atoms with Crippen LogP contribution in [-0.2, 0) is 9.47 Å². The molecule has 0 atom stereocenters. The lowest BCUT2D eigenvalue weighted by Gasteiger charge is -2.23. The van der Waals surface area contributed by atoms with Crippen LogP contribution in [0.25, 0.3) is 10.9 Å². The van der Waals surface area contributed by atoms with Crippen LogP contribution in [0.1, 0.15) is 0 Å². The summed E-state index contributed by atoms with van der Waals surface area (Å²) in [7, 11) is 3.35. The van der Waals surface area contributed by atoms with Gasteiger partial charge in [-0.3, -0.25) is 0 Å². The van der Waals surface area contributed by atoms with Gasteiger partial charge in [0.2, 0.25) is 0 Å². The molecule has 108 valence electrons. The predicted octanol–water partition coefficient (Wildman–Crippen LogP) is 2.04. The Hall–Kier alpha value is -1.85. The number of anilines is 1. The molecule has 0 unspecified atom stereocenters. The second-order valence-electron chi connectivity index (χ2n) is 4.49. The standard InChI is InChI=1S/C15H20N2O3/c1-19-10-8-17(9-11-20-2)14-7-6-12-4-3-5-13(18)15(12)16-14/h3-7,18H,8-11H2,1-2H3. The van der Waals surface area contributed by atoms with E-state index in [0.29, 0.717) is 18.7 Å². The van der Waals surface area contributed by atoms with Crippen molar-refractivity contribution >= 4 is 16.7 Å². The van der Waals surface area contributed by atoms with E-state index in [2.05, 4.69) is 9.88 Å². The first-order valence-corrected chi connectivity index (χ1v) is 6.58. The van der Waals surface area contributed by atoms with Crippen LogP contribution < -0.4 is 4.90 Å². The Morgan fingerprint density at radius 2 is 1.75 bits per heavy atom. The number of rotatable bonds is 7. The number of aromatic nitrogens is 1. The molecular weight excluding hydrogens is 256 g/mol. The van der Waals surface area contributed by atoms with E-state index in [4.69, 9.17) is 9.47 Å².